The smallest absolute Gasteiger partial charge is 1.00 e. The first kappa shape index (κ1) is 16.9. The third kappa shape index (κ3) is 3.48. The van der Waals surface area contributed by atoms with E-state index in [0.717, 1.165) is 6.07 Å². The largest absolute Gasteiger partial charge is 1.00 e. The minimum absolute atomic E-state index is 0. The number of carboxylic acid groups (broad SMARTS) is 2. The number of nitrogens with one attached hydrogen (secondary N) is 2. The predicted molar refractivity (Wildman–Crippen MR) is 68.1 cm³/mol. The Bertz CT molecular complexity index is 829. The van der Waals surface area contributed by atoms with E-state index in [1.807, 2.05) is 9.97 Å². The number of hydrogen-bond donors (Lipinski definition) is 4. The van der Waals surface area contributed by atoms with E-state index in [9.17, 15) is 19.2 Å². The molecule has 0 aliphatic rings. The van der Waals surface area contributed by atoms with Crippen molar-refractivity contribution in [3.63, 3.8) is 0 Å². The summed E-state index contributed by atoms with van der Waals surface area (Å²) in [6.07, 6.45) is 0. The molecule has 0 radical (unpaired) electrons. The second kappa shape index (κ2) is 6.53. The Hall–Kier alpha value is -2.16. The molecule has 104 valence electrons. The summed E-state index contributed by atoms with van der Waals surface area (Å²) in [4.78, 5) is 48.7. The summed E-state index contributed by atoms with van der Waals surface area (Å²) < 4.78 is 0. The number of carboxylic acids is 2. The van der Waals surface area contributed by atoms with Crippen LogP contribution in [0.3, 0.4) is 0 Å². The van der Waals surface area contributed by atoms with E-state index >= 15 is 0 Å². The number of rotatable bonds is 3. The summed E-state index contributed by atoms with van der Waals surface area (Å²) in [6.45, 7) is 0. The van der Waals surface area contributed by atoms with Gasteiger partial charge in [0, 0.05) is 0 Å². The van der Waals surface area contributed by atoms with Gasteiger partial charge in [-0.15, -0.1) is 0 Å². The Morgan fingerprint density at radius 2 is 1.71 bits per heavy atom. The molecule has 8 nitrogen and oxygen atoms in total. The zero-order chi connectivity index (χ0) is 14.9. The van der Waals surface area contributed by atoms with Crippen LogP contribution in [0.15, 0.2) is 33.9 Å². The van der Waals surface area contributed by atoms with E-state index in [2.05, 4.69) is 0 Å². The molecule has 1 aromatic heterocycles. The second-order valence-electron chi connectivity index (χ2n) is 3.85. The van der Waals surface area contributed by atoms with E-state index in [0.29, 0.717) is 0 Å². The Kier molecular flexibility index (Phi) is 5.25. The summed E-state index contributed by atoms with van der Waals surface area (Å²) in [5.41, 5.74) is -2.79. The summed E-state index contributed by atoms with van der Waals surface area (Å²) in [7, 11) is 0. The molecule has 0 spiro atoms. The van der Waals surface area contributed by atoms with Crippen LogP contribution in [0.2, 0.25) is 0 Å². The molecule has 0 unspecified atom stereocenters. The third-order valence-electron chi connectivity index (χ3n) is 2.55. The number of carbonyl (C=O) groups is 2. The molecule has 9 heteroatoms. The minimum Gasteiger partial charge on any atom is -1.00 e. The van der Waals surface area contributed by atoms with Gasteiger partial charge in [0.15, 0.2) is 0 Å². The molecule has 0 aliphatic heterocycles. The molecule has 1 heterocycles. The topological polar surface area (TPSA) is 140 Å². The van der Waals surface area contributed by atoms with Crippen LogP contribution in [-0.4, -0.2) is 32.1 Å². The summed E-state index contributed by atoms with van der Waals surface area (Å²) >= 11 is 0. The van der Waals surface area contributed by atoms with Crippen molar-refractivity contribution in [1.29, 1.82) is 0 Å². The van der Waals surface area contributed by atoms with Gasteiger partial charge in [-0.3, -0.25) is 9.78 Å². The maximum atomic E-state index is 11.8. The van der Waals surface area contributed by atoms with Crippen LogP contribution in [0.4, 0.5) is 0 Å². The van der Waals surface area contributed by atoms with E-state index in [1.54, 1.807) is 0 Å². The second-order valence-corrected chi connectivity index (χ2v) is 3.85. The van der Waals surface area contributed by atoms with Crippen molar-refractivity contribution in [2.75, 3.05) is 0 Å². The fraction of sp³-hybridized carbons (Fsp3) is 0. The molecule has 0 amide bonds. The number of H-pyrrole nitrogens is 2. The van der Waals surface area contributed by atoms with Crippen molar-refractivity contribution in [3.05, 3.63) is 56.4 Å². The number of benzene rings is 1. The fourth-order valence-corrected chi connectivity index (χ4v) is 1.73. The van der Waals surface area contributed by atoms with Gasteiger partial charge in [-0.25, -0.2) is 14.4 Å². The van der Waals surface area contributed by atoms with Crippen LogP contribution in [0.25, 0.3) is 11.1 Å². The first-order valence-electron chi connectivity index (χ1n) is 5.34. The van der Waals surface area contributed by atoms with Gasteiger partial charge in [0.1, 0.15) is 5.69 Å². The average Bonchev–Trinajstić information content (AvgIpc) is 2.37. The van der Waals surface area contributed by atoms with Gasteiger partial charge < -0.3 is 16.6 Å². The first-order chi connectivity index (χ1) is 9.40. The molecule has 1 aromatic carbocycles. The standard InChI is InChI=1S/C12H8N2O6.Na.H/c15-9-7(8(11(18)19)13-12(20)14-9)5-2-1-3-6(4-5)10(16)17;;/h1-4H,(H,16,17)(H,18,19)(H2,13,14,15,20);;/q;+1;-1. The Morgan fingerprint density at radius 1 is 1.05 bits per heavy atom. The zero-order valence-electron chi connectivity index (χ0n) is 11.8. The molecule has 4 N–H and O–H groups in total. The molecule has 0 aliphatic carbocycles. The summed E-state index contributed by atoms with van der Waals surface area (Å²) in [5, 5.41) is 17.9. The van der Waals surface area contributed by atoms with Gasteiger partial charge in [-0.2, -0.15) is 0 Å². The van der Waals surface area contributed by atoms with Gasteiger partial charge in [0.2, 0.25) is 0 Å². The maximum absolute atomic E-state index is 11.8. The number of aromatic nitrogens is 2. The number of hydrogen-bond acceptors (Lipinski definition) is 4. The molecule has 0 fully saturated rings. The molecular formula is C12H9N2NaO6. The van der Waals surface area contributed by atoms with Crippen LogP contribution in [0.1, 0.15) is 22.3 Å². The van der Waals surface area contributed by atoms with E-state index in [4.69, 9.17) is 10.2 Å². The van der Waals surface area contributed by atoms with E-state index < -0.39 is 28.9 Å². The van der Waals surface area contributed by atoms with Crippen LogP contribution in [0.5, 0.6) is 0 Å². The van der Waals surface area contributed by atoms with E-state index in [1.165, 1.54) is 18.2 Å². The van der Waals surface area contributed by atoms with Crippen LogP contribution >= 0.6 is 0 Å². The molecule has 2 rings (SSSR count). The van der Waals surface area contributed by atoms with Gasteiger partial charge in [-0.05, 0) is 17.7 Å². The van der Waals surface area contributed by atoms with Crippen LogP contribution < -0.4 is 40.8 Å². The van der Waals surface area contributed by atoms with Crippen molar-refractivity contribution in [1.82, 2.24) is 9.97 Å². The van der Waals surface area contributed by atoms with Gasteiger partial charge in [-0.1, -0.05) is 12.1 Å². The Morgan fingerprint density at radius 3 is 2.29 bits per heavy atom. The molecule has 21 heavy (non-hydrogen) atoms. The van der Waals surface area contributed by atoms with Crippen LogP contribution in [0, 0.1) is 0 Å². The van der Waals surface area contributed by atoms with Gasteiger partial charge in [0.25, 0.3) is 5.56 Å². The molecular weight excluding hydrogens is 291 g/mol. The SMILES string of the molecule is O=C(O)c1cccc(-c2c(C(=O)O)[nH]c(=O)[nH]c2=O)c1.[H-].[Na+]. The number of aromatic amines is 2. The van der Waals surface area contributed by atoms with Gasteiger partial charge in [0.05, 0.1) is 11.1 Å². The normalized spacial score (nSPS) is 9.71. The molecule has 0 saturated heterocycles. The maximum Gasteiger partial charge on any atom is 1.00 e. The van der Waals surface area contributed by atoms with Crippen LogP contribution in [-0.2, 0) is 0 Å². The first-order valence-corrected chi connectivity index (χ1v) is 5.34. The monoisotopic (exact) mass is 300 g/mol. The predicted octanol–water partition coefficient (Wildman–Crippen LogP) is -2.76. The molecule has 2 aromatic rings. The van der Waals surface area contributed by atoms with Crippen molar-refractivity contribution in [2.45, 2.75) is 0 Å². The minimum atomic E-state index is -1.50. The van der Waals surface area contributed by atoms with Crippen molar-refractivity contribution < 1.29 is 50.8 Å². The molecule has 0 atom stereocenters. The third-order valence-corrected chi connectivity index (χ3v) is 2.55. The zero-order valence-corrected chi connectivity index (χ0v) is 12.8. The Balaban J connectivity index is 0.00000220. The Labute approximate surface area is 140 Å². The van der Waals surface area contributed by atoms with Gasteiger partial charge >= 0.3 is 47.2 Å². The van der Waals surface area contributed by atoms with Crippen molar-refractivity contribution >= 4 is 11.9 Å². The van der Waals surface area contributed by atoms with Crippen molar-refractivity contribution in [3.8, 4) is 11.1 Å². The quantitative estimate of drug-likeness (QED) is 0.453. The van der Waals surface area contributed by atoms with Crippen molar-refractivity contribution in [2.24, 2.45) is 0 Å². The summed E-state index contributed by atoms with van der Waals surface area (Å²) in [6, 6.07) is 5.19. The molecule has 0 saturated carbocycles. The fourth-order valence-electron chi connectivity index (χ4n) is 1.73. The molecule has 0 bridgehead atoms. The average molecular weight is 300 g/mol. The number of aromatic carboxylic acids is 2. The summed E-state index contributed by atoms with van der Waals surface area (Å²) in [5.74, 6) is -2.71. The van der Waals surface area contributed by atoms with E-state index in [-0.39, 0.29) is 47.7 Å².